The zero-order chi connectivity index (χ0) is 14.4. The maximum absolute atomic E-state index is 11.6. The Morgan fingerprint density at radius 3 is 2.58 bits per heavy atom. The number of hydrogen-bond donors (Lipinski definition) is 3. The molecule has 0 aliphatic rings. The van der Waals surface area contributed by atoms with Crippen LogP contribution in [0.4, 0.5) is 4.79 Å². The summed E-state index contributed by atoms with van der Waals surface area (Å²) < 4.78 is 5.44. The summed E-state index contributed by atoms with van der Waals surface area (Å²) in [6.45, 7) is 3.41. The van der Waals surface area contributed by atoms with Crippen LogP contribution in [0.3, 0.4) is 0 Å². The molecule has 3 amide bonds. The number of rotatable bonds is 3. The molecule has 104 valence electrons. The fraction of sp³-hybridized carbons (Fsp3) is 0.333. The van der Waals surface area contributed by atoms with Crippen LogP contribution in [0.25, 0.3) is 0 Å². The van der Waals surface area contributed by atoms with Crippen molar-refractivity contribution in [1.29, 1.82) is 0 Å². The molecule has 1 atom stereocenters. The van der Waals surface area contributed by atoms with E-state index in [1.807, 2.05) is 6.92 Å². The molecule has 19 heavy (non-hydrogen) atoms. The third kappa shape index (κ3) is 4.67. The standard InChI is InChI=1S/C12H16ClN3O3/c1-7-6-9(4-5-10(7)13)19-8(2)11(17)15-16-12(18)14-3/h4-6,8H,1-3H3,(H,15,17)(H2,14,16,18). The minimum absolute atomic E-state index is 0.462. The molecular weight excluding hydrogens is 270 g/mol. The molecule has 0 saturated carbocycles. The van der Waals surface area contributed by atoms with Gasteiger partial charge in [0.25, 0.3) is 5.91 Å². The van der Waals surface area contributed by atoms with E-state index >= 15 is 0 Å². The minimum atomic E-state index is -0.752. The van der Waals surface area contributed by atoms with E-state index in [4.69, 9.17) is 16.3 Å². The van der Waals surface area contributed by atoms with Crippen molar-refractivity contribution in [2.45, 2.75) is 20.0 Å². The van der Waals surface area contributed by atoms with Crippen molar-refractivity contribution >= 4 is 23.5 Å². The molecule has 0 heterocycles. The molecule has 1 aromatic carbocycles. The number of amides is 3. The van der Waals surface area contributed by atoms with Crippen molar-refractivity contribution in [2.24, 2.45) is 0 Å². The lowest BCUT2D eigenvalue weighted by atomic mass is 10.2. The Morgan fingerprint density at radius 1 is 1.32 bits per heavy atom. The van der Waals surface area contributed by atoms with Gasteiger partial charge in [0.1, 0.15) is 5.75 Å². The number of aryl methyl sites for hydroxylation is 1. The summed E-state index contributed by atoms with van der Waals surface area (Å²) in [5, 5.41) is 2.93. The first-order valence-corrected chi connectivity index (χ1v) is 6.02. The smallest absolute Gasteiger partial charge is 0.333 e. The van der Waals surface area contributed by atoms with Crippen molar-refractivity contribution in [3.05, 3.63) is 28.8 Å². The molecule has 0 saturated heterocycles. The Hall–Kier alpha value is -1.95. The molecular formula is C12H16ClN3O3. The first kappa shape index (κ1) is 15.1. The van der Waals surface area contributed by atoms with Gasteiger partial charge in [0.2, 0.25) is 0 Å². The topological polar surface area (TPSA) is 79.5 Å². The summed E-state index contributed by atoms with van der Waals surface area (Å²) in [5.74, 6) is 0.0701. The zero-order valence-corrected chi connectivity index (χ0v) is 11.7. The van der Waals surface area contributed by atoms with Gasteiger partial charge in [-0.05, 0) is 37.6 Å². The van der Waals surface area contributed by atoms with Gasteiger partial charge < -0.3 is 10.1 Å². The molecule has 0 radical (unpaired) electrons. The lowest BCUT2D eigenvalue weighted by Gasteiger charge is -2.15. The highest BCUT2D eigenvalue weighted by Gasteiger charge is 2.15. The molecule has 3 N–H and O–H groups in total. The van der Waals surface area contributed by atoms with E-state index < -0.39 is 18.0 Å². The van der Waals surface area contributed by atoms with Gasteiger partial charge in [-0.1, -0.05) is 11.6 Å². The molecule has 0 bridgehead atoms. The van der Waals surface area contributed by atoms with Crippen molar-refractivity contribution in [1.82, 2.24) is 16.2 Å². The average Bonchev–Trinajstić information content (AvgIpc) is 2.39. The molecule has 7 heteroatoms. The summed E-state index contributed by atoms with van der Waals surface area (Å²) in [6, 6.07) is 4.59. The average molecular weight is 286 g/mol. The number of carbonyl (C=O) groups excluding carboxylic acids is 2. The van der Waals surface area contributed by atoms with Crippen LogP contribution in [0.1, 0.15) is 12.5 Å². The number of nitrogens with one attached hydrogen (secondary N) is 3. The van der Waals surface area contributed by atoms with Crippen LogP contribution < -0.4 is 20.9 Å². The van der Waals surface area contributed by atoms with Crippen LogP contribution in [-0.2, 0) is 4.79 Å². The number of ether oxygens (including phenoxy) is 1. The normalized spacial score (nSPS) is 11.4. The van der Waals surface area contributed by atoms with Gasteiger partial charge in [-0.2, -0.15) is 0 Å². The van der Waals surface area contributed by atoms with E-state index in [9.17, 15) is 9.59 Å². The van der Waals surface area contributed by atoms with Gasteiger partial charge >= 0.3 is 6.03 Å². The third-order valence-electron chi connectivity index (χ3n) is 2.34. The molecule has 0 aliphatic heterocycles. The Kier molecular flexibility index (Phi) is 5.44. The lowest BCUT2D eigenvalue weighted by Crippen LogP contribution is -2.49. The fourth-order valence-electron chi connectivity index (χ4n) is 1.23. The van der Waals surface area contributed by atoms with E-state index in [0.29, 0.717) is 10.8 Å². The molecule has 1 unspecified atom stereocenters. The first-order valence-electron chi connectivity index (χ1n) is 5.64. The Morgan fingerprint density at radius 2 is 2.00 bits per heavy atom. The van der Waals surface area contributed by atoms with E-state index in [1.165, 1.54) is 7.05 Å². The maximum atomic E-state index is 11.6. The number of carbonyl (C=O) groups is 2. The molecule has 0 spiro atoms. The van der Waals surface area contributed by atoms with Crippen LogP contribution in [0.2, 0.25) is 5.02 Å². The van der Waals surface area contributed by atoms with Crippen LogP contribution >= 0.6 is 11.6 Å². The highest BCUT2D eigenvalue weighted by molar-refractivity contribution is 6.31. The number of hydrogen-bond acceptors (Lipinski definition) is 3. The van der Waals surface area contributed by atoms with Crippen LogP contribution in [0.15, 0.2) is 18.2 Å². The maximum Gasteiger partial charge on any atom is 0.333 e. The molecule has 0 fully saturated rings. The van der Waals surface area contributed by atoms with Crippen molar-refractivity contribution < 1.29 is 14.3 Å². The van der Waals surface area contributed by atoms with Gasteiger partial charge in [0.15, 0.2) is 6.10 Å². The van der Waals surface area contributed by atoms with E-state index in [0.717, 1.165) is 5.56 Å². The summed E-state index contributed by atoms with van der Waals surface area (Å²) >= 11 is 5.89. The second-order valence-electron chi connectivity index (χ2n) is 3.86. The summed E-state index contributed by atoms with van der Waals surface area (Å²) in [7, 11) is 1.44. The van der Waals surface area contributed by atoms with Crippen molar-refractivity contribution in [3.8, 4) is 5.75 Å². The van der Waals surface area contributed by atoms with Gasteiger partial charge in [-0.25, -0.2) is 10.2 Å². The third-order valence-corrected chi connectivity index (χ3v) is 2.76. The van der Waals surface area contributed by atoms with Crippen LogP contribution in [0, 0.1) is 6.92 Å². The van der Waals surface area contributed by atoms with Crippen molar-refractivity contribution in [2.75, 3.05) is 7.05 Å². The Labute approximate surface area is 116 Å². The number of benzene rings is 1. The molecule has 1 aromatic rings. The van der Waals surface area contributed by atoms with Crippen LogP contribution in [0.5, 0.6) is 5.75 Å². The number of urea groups is 1. The zero-order valence-electron chi connectivity index (χ0n) is 10.9. The quantitative estimate of drug-likeness (QED) is 0.734. The van der Waals surface area contributed by atoms with Crippen molar-refractivity contribution in [3.63, 3.8) is 0 Å². The highest BCUT2D eigenvalue weighted by atomic mass is 35.5. The summed E-state index contributed by atoms with van der Waals surface area (Å²) in [5.41, 5.74) is 5.25. The number of hydrazine groups is 1. The second kappa shape index (κ2) is 6.84. The Bertz CT molecular complexity index is 479. The predicted octanol–water partition coefficient (Wildman–Crippen LogP) is 1.38. The van der Waals surface area contributed by atoms with Crippen LogP contribution in [-0.4, -0.2) is 25.1 Å². The predicted molar refractivity (Wildman–Crippen MR) is 72.0 cm³/mol. The lowest BCUT2D eigenvalue weighted by molar-refractivity contribution is -0.128. The fourth-order valence-corrected chi connectivity index (χ4v) is 1.35. The minimum Gasteiger partial charge on any atom is -0.481 e. The molecule has 0 aliphatic carbocycles. The Balaban J connectivity index is 2.53. The summed E-state index contributed by atoms with van der Waals surface area (Å²) in [4.78, 5) is 22.5. The van der Waals surface area contributed by atoms with Gasteiger partial charge in [-0.3, -0.25) is 10.2 Å². The van der Waals surface area contributed by atoms with E-state index in [1.54, 1.807) is 25.1 Å². The van der Waals surface area contributed by atoms with Gasteiger partial charge in [-0.15, -0.1) is 0 Å². The summed E-state index contributed by atoms with van der Waals surface area (Å²) in [6.07, 6.45) is -0.752. The van der Waals surface area contributed by atoms with E-state index in [2.05, 4.69) is 16.2 Å². The SMILES string of the molecule is CNC(=O)NNC(=O)C(C)Oc1ccc(Cl)c(C)c1. The number of halogens is 1. The molecule has 0 aromatic heterocycles. The second-order valence-corrected chi connectivity index (χ2v) is 4.27. The monoisotopic (exact) mass is 285 g/mol. The first-order chi connectivity index (χ1) is 8.93. The highest BCUT2D eigenvalue weighted by Crippen LogP contribution is 2.21. The molecule has 6 nitrogen and oxygen atoms in total. The van der Waals surface area contributed by atoms with Gasteiger partial charge in [0, 0.05) is 12.1 Å². The molecule has 1 rings (SSSR count). The van der Waals surface area contributed by atoms with E-state index in [-0.39, 0.29) is 0 Å². The van der Waals surface area contributed by atoms with Gasteiger partial charge in [0.05, 0.1) is 0 Å². The largest absolute Gasteiger partial charge is 0.481 e.